The van der Waals surface area contributed by atoms with Crippen LogP contribution in [0.25, 0.3) is 0 Å². The molecule has 1 heterocycles. The predicted octanol–water partition coefficient (Wildman–Crippen LogP) is 2.76. The Bertz CT molecular complexity index is 562. The van der Waals surface area contributed by atoms with Crippen LogP contribution < -0.4 is 0 Å². The van der Waals surface area contributed by atoms with E-state index < -0.39 is 0 Å². The molecule has 3 rings (SSSR count). The molecule has 1 aromatic carbocycles. The molecule has 0 amide bonds. The standard InChI is InChI=1S/C15H17N3/c1-11-8-14-15(9-12(11)2)17-18(16-14)10-13-6-4-3-5-7-13/h3-7H,8-10H2,1-2H3. The molecule has 0 fully saturated rings. The summed E-state index contributed by atoms with van der Waals surface area (Å²) in [6.07, 6.45) is 1.91. The maximum absolute atomic E-state index is 4.60. The normalized spacial score (nSPS) is 14.8. The Kier molecular flexibility index (Phi) is 2.74. The molecular formula is C15H17N3. The summed E-state index contributed by atoms with van der Waals surface area (Å²) in [4.78, 5) is 1.83. The van der Waals surface area contributed by atoms with Gasteiger partial charge in [-0.05, 0) is 19.4 Å². The topological polar surface area (TPSA) is 30.7 Å². The van der Waals surface area contributed by atoms with Crippen molar-refractivity contribution in [3.8, 4) is 0 Å². The molecule has 0 atom stereocenters. The molecule has 1 aliphatic rings. The minimum absolute atomic E-state index is 0.756. The minimum atomic E-state index is 0.756. The monoisotopic (exact) mass is 239 g/mol. The minimum Gasteiger partial charge on any atom is -0.180 e. The third kappa shape index (κ3) is 2.08. The van der Waals surface area contributed by atoms with Crippen molar-refractivity contribution in [2.75, 3.05) is 0 Å². The van der Waals surface area contributed by atoms with Crippen molar-refractivity contribution in [1.82, 2.24) is 15.0 Å². The zero-order valence-electron chi connectivity index (χ0n) is 10.8. The molecule has 0 N–H and O–H groups in total. The Labute approximate surface area is 107 Å². The van der Waals surface area contributed by atoms with Crippen LogP contribution in [0, 0.1) is 0 Å². The zero-order valence-corrected chi connectivity index (χ0v) is 10.8. The van der Waals surface area contributed by atoms with Gasteiger partial charge in [0.05, 0.1) is 17.9 Å². The van der Waals surface area contributed by atoms with Crippen LogP contribution in [0.4, 0.5) is 0 Å². The summed E-state index contributed by atoms with van der Waals surface area (Å²) in [6, 6.07) is 10.3. The van der Waals surface area contributed by atoms with Gasteiger partial charge in [0.25, 0.3) is 0 Å². The smallest absolute Gasteiger partial charge is 0.0903 e. The van der Waals surface area contributed by atoms with Gasteiger partial charge in [0.1, 0.15) is 0 Å². The summed E-state index contributed by atoms with van der Waals surface area (Å²) in [5.74, 6) is 0. The van der Waals surface area contributed by atoms with Crippen molar-refractivity contribution in [2.24, 2.45) is 0 Å². The van der Waals surface area contributed by atoms with Crippen LogP contribution in [0.1, 0.15) is 30.8 Å². The van der Waals surface area contributed by atoms with Gasteiger partial charge in [-0.15, -0.1) is 0 Å². The van der Waals surface area contributed by atoms with Gasteiger partial charge in [-0.1, -0.05) is 41.5 Å². The van der Waals surface area contributed by atoms with E-state index in [1.807, 2.05) is 10.9 Å². The Hall–Kier alpha value is -1.90. The van der Waals surface area contributed by atoms with E-state index in [0.29, 0.717) is 0 Å². The summed E-state index contributed by atoms with van der Waals surface area (Å²) >= 11 is 0. The molecule has 92 valence electrons. The summed E-state index contributed by atoms with van der Waals surface area (Å²) in [5.41, 5.74) is 6.41. The van der Waals surface area contributed by atoms with Gasteiger partial charge < -0.3 is 0 Å². The lowest BCUT2D eigenvalue weighted by molar-refractivity contribution is 0.583. The lowest BCUT2D eigenvalue weighted by Crippen LogP contribution is -2.04. The highest BCUT2D eigenvalue weighted by Crippen LogP contribution is 2.22. The van der Waals surface area contributed by atoms with E-state index in [0.717, 1.165) is 30.8 Å². The molecule has 0 spiro atoms. The van der Waals surface area contributed by atoms with Crippen LogP contribution in [0.5, 0.6) is 0 Å². The van der Waals surface area contributed by atoms with Gasteiger partial charge in [-0.3, -0.25) is 0 Å². The number of hydrogen-bond acceptors (Lipinski definition) is 2. The molecule has 2 aromatic rings. The van der Waals surface area contributed by atoms with E-state index in [1.165, 1.54) is 16.7 Å². The van der Waals surface area contributed by atoms with Crippen molar-refractivity contribution in [2.45, 2.75) is 33.2 Å². The molecule has 0 aliphatic heterocycles. The van der Waals surface area contributed by atoms with E-state index >= 15 is 0 Å². The lowest BCUT2D eigenvalue weighted by atomic mass is 9.95. The average Bonchev–Trinajstić information content (AvgIpc) is 2.72. The van der Waals surface area contributed by atoms with Gasteiger partial charge in [-0.25, -0.2) is 0 Å². The van der Waals surface area contributed by atoms with E-state index in [2.05, 4.69) is 48.3 Å². The fraction of sp³-hybridized carbons (Fsp3) is 0.333. The number of fused-ring (bicyclic) bond motifs is 1. The average molecular weight is 239 g/mol. The van der Waals surface area contributed by atoms with Crippen LogP contribution in [0.15, 0.2) is 41.5 Å². The quantitative estimate of drug-likeness (QED) is 0.754. The van der Waals surface area contributed by atoms with E-state index in [4.69, 9.17) is 0 Å². The molecular weight excluding hydrogens is 222 g/mol. The highest BCUT2D eigenvalue weighted by Gasteiger charge is 2.18. The van der Waals surface area contributed by atoms with Crippen LogP contribution >= 0.6 is 0 Å². The first-order chi connectivity index (χ1) is 8.72. The predicted molar refractivity (Wildman–Crippen MR) is 71.3 cm³/mol. The van der Waals surface area contributed by atoms with Crippen molar-refractivity contribution >= 4 is 0 Å². The summed E-state index contributed by atoms with van der Waals surface area (Å²) in [7, 11) is 0. The fourth-order valence-electron chi connectivity index (χ4n) is 2.31. The van der Waals surface area contributed by atoms with Crippen LogP contribution in [-0.2, 0) is 19.4 Å². The van der Waals surface area contributed by atoms with Crippen molar-refractivity contribution in [3.63, 3.8) is 0 Å². The van der Waals surface area contributed by atoms with Crippen LogP contribution in [0.2, 0.25) is 0 Å². The number of rotatable bonds is 2. The molecule has 0 radical (unpaired) electrons. The van der Waals surface area contributed by atoms with Crippen LogP contribution in [-0.4, -0.2) is 15.0 Å². The Morgan fingerprint density at radius 2 is 1.50 bits per heavy atom. The lowest BCUT2D eigenvalue weighted by Gasteiger charge is -2.11. The molecule has 3 heteroatoms. The number of allylic oxidation sites excluding steroid dienone is 2. The van der Waals surface area contributed by atoms with Gasteiger partial charge in [0.15, 0.2) is 0 Å². The third-order valence-electron chi connectivity index (χ3n) is 3.57. The van der Waals surface area contributed by atoms with E-state index in [1.54, 1.807) is 0 Å². The second kappa shape index (κ2) is 4.41. The van der Waals surface area contributed by atoms with Crippen LogP contribution in [0.3, 0.4) is 0 Å². The second-order valence-electron chi connectivity index (χ2n) is 5.02. The number of benzene rings is 1. The first kappa shape index (κ1) is 11.2. The van der Waals surface area contributed by atoms with Crippen molar-refractivity contribution < 1.29 is 0 Å². The Morgan fingerprint density at radius 3 is 2.06 bits per heavy atom. The van der Waals surface area contributed by atoms with Gasteiger partial charge in [-0.2, -0.15) is 15.0 Å². The maximum Gasteiger partial charge on any atom is 0.0903 e. The molecule has 18 heavy (non-hydrogen) atoms. The molecule has 1 aromatic heterocycles. The maximum atomic E-state index is 4.60. The molecule has 0 bridgehead atoms. The molecule has 3 nitrogen and oxygen atoms in total. The molecule has 0 saturated carbocycles. The van der Waals surface area contributed by atoms with Gasteiger partial charge >= 0.3 is 0 Å². The molecule has 0 unspecified atom stereocenters. The highest BCUT2D eigenvalue weighted by molar-refractivity contribution is 5.30. The van der Waals surface area contributed by atoms with E-state index in [9.17, 15) is 0 Å². The highest BCUT2D eigenvalue weighted by atomic mass is 15.5. The van der Waals surface area contributed by atoms with Gasteiger partial charge in [0.2, 0.25) is 0 Å². The SMILES string of the molecule is CC1=C(C)Cc2nn(Cc3ccccc3)nc2C1. The largest absolute Gasteiger partial charge is 0.180 e. The number of nitrogens with zero attached hydrogens (tertiary/aromatic N) is 3. The second-order valence-corrected chi connectivity index (χ2v) is 5.02. The third-order valence-corrected chi connectivity index (χ3v) is 3.57. The Balaban J connectivity index is 1.83. The van der Waals surface area contributed by atoms with Crippen molar-refractivity contribution in [1.29, 1.82) is 0 Å². The van der Waals surface area contributed by atoms with Gasteiger partial charge in [0, 0.05) is 12.8 Å². The first-order valence-electron chi connectivity index (χ1n) is 6.34. The van der Waals surface area contributed by atoms with E-state index in [-0.39, 0.29) is 0 Å². The first-order valence-corrected chi connectivity index (χ1v) is 6.34. The Morgan fingerprint density at radius 1 is 0.944 bits per heavy atom. The number of hydrogen-bond donors (Lipinski definition) is 0. The summed E-state index contributed by atoms with van der Waals surface area (Å²) in [5, 5.41) is 9.20. The number of aromatic nitrogens is 3. The molecule has 1 aliphatic carbocycles. The fourth-order valence-corrected chi connectivity index (χ4v) is 2.31. The summed E-state index contributed by atoms with van der Waals surface area (Å²) in [6.45, 7) is 5.13. The zero-order chi connectivity index (χ0) is 12.5. The molecule has 0 saturated heterocycles. The van der Waals surface area contributed by atoms with Crippen molar-refractivity contribution in [3.05, 3.63) is 58.4 Å². The summed E-state index contributed by atoms with van der Waals surface area (Å²) < 4.78 is 0.